The Bertz CT molecular complexity index is 958. The first-order valence-corrected chi connectivity index (χ1v) is 9.38. The first-order chi connectivity index (χ1) is 13.1. The number of ketones is 1. The number of aromatic nitrogens is 3. The molecule has 0 radical (unpaired) electrons. The van der Waals surface area contributed by atoms with Crippen molar-refractivity contribution >= 4 is 23.1 Å². The van der Waals surface area contributed by atoms with Gasteiger partial charge in [-0.05, 0) is 23.4 Å². The van der Waals surface area contributed by atoms with Gasteiger partial charge in [0.2, 0.25) is 5.88 Å². The Balaban J connectivity index is 1.76. The van der Waals surface area contributed by atoms with Crippen molar-refractivity contribution in [2.45, 2.75) is 31.7 Å². The molecule has 4 rings (SSSR count). The minimum atomic E-state index is -0.589. The van der Waals surface area contributed by atoms with Crippen LogP contribution in [0.4, 0.5) is 0 Å². The lowest BCUT2D eigenvalue weighted by molar-refractivity contribution is -0.136. The molecular weight excluding hydrogens is 368 g/mol. The van der Waals surface area contributed by atoms with Crippen molar-refractivity contribution < 1.29 is 19.1 Å². The lowest BCUT2D eigenvalue weighted by atomic mass is 9.80. The van der Waals surface area contributed by atoms with Crippen LogP contribution in [0.25, 0.3) is 0 Å². The molecule has 2 aromatic rings. The number of nitrogens with zero attached hydrogens (tertiary/aromatic N) is 3. The second-order valence-corrected chi connectivity index (χ2v) is 7.31. The van der Waals surface area contributed by atoms with E-state index in [0.717, 1.165) is 10.4 Å². The minimum absolute atomic E-state index is 0.00604. The van der Waals surface area contributed by atoms with Crippen molar-refractivity contribution in [2.75, 3.05) is 7.11 Å². The molecule has 1 aliphatic heterocycles. The SMILES string of the molecule is COC(=O)C1=C(N)OC2=C(C(=O)CCC2)C1c1cc(Cn2cncn2)cs1. The van der Waals surface area contributed by atoms with Gasteiger partial charge in [-0.3, -0.25) is 4.79 Å². The predicted molar refractivity (Wildman–Crippen MR) is 96.4 cm³/mol. The summed E-state index contributed by atoms with van der Waals surface area (Å²) in [5.41, 5.74) is 7.75. The van der Waals surface area contributed by atoms with Crippen LogP contribution in [0, 0.1) is 0 Å². The highest BCUT2D eigenvalue weighted by Gasteiger charge is 2.41. The fourth-order valence-electron chi connectivity index (χ4n) is 3.48. The van der Waals surface area contributed by atoms with Crippen molar-refractivity contribution in [3.8, 4) is 0 Å². The molecule has 0 amide bonds. The number of nitrogens with two attached hydrogens (primary N) is 1. The molecule has 2 aromatic heterocycles. The second kappa shape index (κ2) is 6.99. The lowest BCUT2D eigenvalue weighted by Gasteiger charge is -2.31. The summed E-state index contributed by atoms with van der Waals surface area (Å²) in [5, 5.41) is 6.08. The van der Waals surface area contributed by atoms with Gasteiger partial charge in [-0.25, -0.2) is 14.5 Å². The van der Waals surface area contributed by atoms with Gasteiger partial charge in [0.05, 0.1) is 19.6 Å². The Hall–Kier alpha value is -2.94. The average molecular weight is 386 g/mol. The average Bonchev–Trinajstić information content (AvgIpc) is 3.32. The number of hydrogen-bond donors (Lipinski definition) is 1. The number of allylic oxidation sites excluding steroid dienone is 2. The summed E-state index contributed by atoms with van der Waals surface area (Å²) in [6.07, 6.45) is 4.89. The number of hydrogen-bond acceptors (Lipinski definition) is 8. The highest BCUT2D eigenvalue weighted by atomic mass is 32.1. The van der Waals surface area contributed by atoms with E-state index in [1.807, 2.05) is 11.4 Å². The topological polar surface area (TPSA) is 109 Å². The van der Waals surface area contributed by atoms with Gasteiger partial charge in [0.25, 0.3) is 0 Å². The van der Waals surface area contributed by atoms with Crippen LogP contribution in [0.15, 0.2) is 46.9 Å². The molecule has 0 fully saturated rings. The first kappa shape index (κ1) is 17.5. The van der Waals surface area contributed by atoms with Crippen LogP contribution in [0.2, 0.25) is 0 Å². The van der Waals surface area contributed by atoms with E-state index in [1.165, 1.54) is 24.8 Å². The van der Waals surface area contributed by atoms with Crippen molar-refractivity contribution in [2.24, 2.45) is 5.73 Å². The zero-order chi connectivity index (χ0) is 19.0. The molecule has 1 atom stereocenters. The van der Waals surface area contributed by atoms with E-state index in [1.54, 1.807) is 11.0 Å². The van der Waals surface area contributed by atoms with E-state index in [0.29, 0.717) is 37.1 Å². The number of ether oxygens (including phenoxy) is 2. The van der Waals surface area contributed by atoms with Crippen LogP contribution in [-0.2, 0) is 25.6 Å². The minimum Gasteiger partial charge on any atom is -0.465 e. The molecule has 1 unspecified atom stereocenters. The van der Waals surface area contributed by atoms with Crippen molar-refractivity contribution in [1.82, 2.24) is 14.8 Å². The Morgan fingerprint density at radius 2 is 2.33 bits per heavy atom. The molecule has 2 N–H and O–H groups in total. The quantitative estimate of drug-likeness (QED) is 0.799. The Labute approximate surface area is 159 Å². The highest BCUT2D eigenvalue weighted by molar-refractivity contribution is 7.10. The van der Waals surface area contributed by atoms with Gasteiger partial charge in [0.15, 0.2) is 5.78 Å². The molecule has 3 heterocycles. The first-order valence-electron chi connectivity index (χ1n) is 8.50. The van der Waals surface area contributed by atoms with Gasteiger partial charge in [-0.2, -0.15) is 5.10 Å². The van der Waals surface area contributed by atoms with Crippen LogP contribution < -0.4 is 5.73 Å². The maximum atomic E-state index is 12.7. The van der Waals surface area contributed by atoms with Gasteiger partial charge in [-0.1, -0.05) is 0 Å². The van der Waals surface area contributed by atoms with E-state index in [4.69, 9.17) is 15.2 Å². The van der Waals surface area contributed by atoms with Crippen LogP contribution in [-0.4, -0.2) is 33.6 Å². The molecule has 2 aliphatic rings. The van der Waals surface area contributed by atoms with Crippen molar-refractivity contribution in [3.63, 3.8) is 0 Å². The summed E-state index contributed by atoms with van der Waals surface area (Å²) < 4.78 is 12.3. The van der Waals surface area contributed by atoms with Gasteiger partial charge in [0.1, 0.15) is 24.0 Å². The molecule has 8 nitrogen and oxygen atoms in total. The van der Waals surface area contributed by atoms with E-state index in [2.05, 4.69) is 10.1 Å². The lowest BCUT2D eigenvalue weighted by Crippen LogP contribution is -2.30. The fraction of sp³-hybridized carbons (Fsp3) is 0.333. The number of carbonyl (C=O) groups is 2. The monoisotopic (exact) mass is 386 g/mol. The van der Waals surface area contributed by atoms with Crippen LogP contribution in [0.5, 0.6) is 0 Å². The Morgan fingerprint density at radius 1 is 1.48 bits per heavy atom. The molecule has 9 heteroatoms. The predicted octanol–water partition coefficient (Wildman–Crippen LogP) is 1.85. The number of rotatable bonds is 4. The summed E-state index contributed by atoms with van der Waals surface area (Å²) in [5.74, 6) is -0.599. The molecule has 140 valence electrons. The van der Waals surface area contributed by atoms with Crippen molar-refractivity contribution in [1.29, 1.82) is 0 Å². The summed E-state index contributed by atoms with van der Waals surface area (Å²) in [6.45, 7) is 0.548. The summed E-state index contributed by atoms with van der Waals surface area (Å²) in [6, 6.07) is 1.96. The van der Waals surface area contributed by atoms with Crippen LogP contribution >= 0.6 is 11.3 Å². The normalized spacial score (nSPS) is 19.7. The van der Waals surface area contributed by atoms with Gasteiger partial charge >= 0.3 is 5.97 Å². The second-order valence-electron chi connectivity index (χ2n) is 6.37. The van der Waals surface area contributed by atoms with Gasteiger partial charge in [0, 0.05) is 23.3 Å². The standard InChI is InChI=1S/C18H18N4O4S/c1-25-18(24)16-15(14-11(23)3-2-4-12(14)26-17(16)19)13-5-10(7-27-13)6-22-9-20-8-21-22/h5,7-9,15H,2-4,6,19H2,1H3. The smallest absolute Gasteiger partial charge is 0.340 e. The molecular formula is C18H18N4O4S. The van der Waals surface area contributed by atoms with E-state index in [-0.39, 0.29) is 17.2 Å². The highest BCUT2D eigenvalue weighted by Crippen LogP contribution is 2.45. The number of carbonyl (C=O) groups excluding carboxylic acids is 2. The zero-order valence-corrected chi connectivity index (χ0v) is 15.5. The maximum absolute atomic E-state index is 12.7. The molecule has 0 bridgehead atoms. The number of thiophene rings is 1. The molecule has 27 heavy (non-hydrogen) atoms. The third-order valence-electron chi connectivity index (χ3n) is 4.66. The van der Waals surface area contributed by atoms with Crippen LogP contribution in [0.1, 0.15) is 35.6 Å². The van der Waals surface area contributed by atoms with E-state index >= 15 is 0 Å². The summed E-state index contributed by atoms with van der Waals surface area (Å²) in [4.78, 5) is 29.9. The summed E-state index contributed by atoms with van der Waals surface area (Å²) >= 11 is 1.47. The van der Waals surface area contributed by atoms with Crippen LogP contribution in [0.3, 0.4) is 0 Å². The third kappa shape index (κ3) is 3.14. The van der Waals surface area contributed by atoms with E-state index < -0.39 is 11.9 Å². The van der Waals surface area contributed by atoms with Gasteiger partial charge in [-0.15, -0.1) is 11.3 Å². The van der Waals surface area contributed by atoms with E-state index in [9.17, 15) is 9.59 Å². The fourth-order valence-corrected chi connectivity index (χ4v) is 4.50. The number of methoxy groups -OCH3 is 1. The molecule has 1 aliphatic carbocycles. The number of esters is 1. The number of Topliss-reactive ketones (excluding diaryl/α,β-unsaturated/α-hetero) is 1. The zero-order valence-electron chi connectivity index (χ0n) is 14.7. The largest absolute Gasteiger partial charge is 0.465 e. The molecule has 0 aromatic carbocycles. The van der Waals surface area contributed by atoms with Crippen molar-refractivity contribution in [3.05, 3.63) is 57.3 Å². The maximum Gasteiger partial charge on any atom is 0.340 e. The molecule has 0 saturated carbocycles. The summed E-state index contributed by atoms with van der Waals surface area (Å²) in [7, 11) is 1.29. The van der Waals surface area contributed by atoms with Gasteiger partial charge < -0.3 is 15.2 Å². The Kier molecular flexibility index (Phi) is 4.53. The molecule has 0 spiro atoms. The third-order valence-corrected chi connectivity index (χ3v) is 5.71. The Morgan fingerprint density at radius 3 is 3.07 bits per heavy atom. The molecule has 0 saturated heterocycles.